The number of para-hydroxylation sites is 1. The number of carbonyl (C=O) groups is 2. The largest absolute Gasteiger partial charge is 0.573 e. The van der Waals surface area contributed by atoms with E-state index in [1.165, 1.54) is 36.4 Å². The van der Waals surface area contributed by atoms with Crippen LogP contribution < -0.4 is 10.1 Å². The van der Waals surface area contributed by atoms with Gasteiger partial charge in [-0.1, -0.05) is 35.9 Å². The molecule has 2 atom stereocenters. The summed E-state index contributed by atoms with van der Waals surface area (Å²) in [6.45, 7) is 2.43. The number of rotatable bonds is 8. The van der Waals surface area contributed by atoms with Crippen molar-refractivity contribution in [2.75, 3.05) is 25.5 Å². The highest BCUT2D eigenvalue weighted by Crippen LogP contribution is 2.38. The number of hydrogen-bond donors (Lipinski definition) is 2. The van der Waals surface area contributed by atoms with E-state index >= 15 is 0 Å². The molecule has 1 saturated heterocycles. The van der Waals surface area contributed by atoms with E-state index in [4.69, 9.17) is 11.6 Å². The molecule has 0 radical (unpaired) electrons. The normalized spacial score (nSPS) is 17.1. The SMILES string of the molecule is CC(O)N(C)CCC(=O)N1CCCCC1C(=O)Nc1ccc(-c2ccccc2OC(F)(F)F)c(Cl)c1. The van der Waals surface area contributed by atoms with Gasteiger partial charge >= 0.3 is 6.36 Å². The summed E-state index contributed by atoms with van der Waals surface area (Å²) < 4.78 is 42.5. The molecule has 3 rings (SSSR count). The number of amides is 2. The lowest BCUT2D eigenvalue weighted by Gasteiger charge is -2.35. The maximum atomic E-state index is 13.1. The molecule has 1 fully saturated rings. The Balaban J connectivity index is 1.72. The molecule has 1 aliphatic heterocycles. The zero-order chi connectivity index (χ0) is 26.5. The zero-order valence-corrected chi connectivity index (χ0v) is 20.8. The van der Waals surface area contributed by atoms with Crippen LogP contribution in [0, 0.1) is 0 Å². The fraction of sp³-hybridized carbons (Fsp3) is 0.440. The average Bonchev–Trinajstić information content (AvgIpc) is 2.82. The first-order valence-electron chi connectivity index (χ1n) is 11.6. The summed E-state index contributed by atoms with van der Waals surface area (Å²) in [6.07, 6.45) is -3.26. The summed E-state index contributed by atoms with van der Waals surface area (Å²) in [5, 5.41) is 12.5. The monoisotopic (exact) mass is 527 g/mol. The molecule has 0 aromatic heterocycles. The Bertz CT molecular complexity index is 1080. The third-order valence-corrected chi connectivity index (χ3v) is 6.39. The van der Waals surface area contributed by atoms with Crippen LogP contribution in [0.5, 0.6) is 5.75 Å². The first kappa shape index (κ1) is 27.8. The zero-order valence-electron chi connectivity index (χ0n) is 20.0. The van der Waals surface area contributed by atoms with Gasteiger partial charge in [0.15, 0.2) is 0 Å². The number of aliphatic hydroxyl groups is 1. The second kappa shape index (κ2) is 11.9. The smallest absolute Gasteiger partial charge is 0.405 e. The average molecular weight is 528 g/mol. The van der Waals surface area contributed by atoms with Crippen molar-refractivity contribution in [3.8, 4) is 16.9 Å². The van der Waals surface area contributed by atoms with Crippen LogP contribution >= 0.6 is 11.6 Å². The molecule has 0 bridgehead atoms. The van der Waals surface area contributed by atoms with Crippen LogP contribution in [0.25, 0.3) is 11.1 Å². The van der Waals surface area contributed by atoms with Gasteiger partial charge in [-0.2, -0.15) is 0 Å². The van der Waals surface area contributed by atoms with E-state index < -0.39 is 18.6 Å². The van der Waals surface area contributed by atoms with Gasteiger partial charge in [-0.3, -0.25) is 14.5 Å². The maximum absolute atomic E-state index is 13.1. The lowest BCUT2D eigenvalue weighted by Crippen LogP contribution is -2.50. The third-order valence-electron chi connectivity index (χ3n) is 6.08. The first-order valence-corrected chi connectivity index (χ1v) is 12.0. The van der Waals surface area contributed by atoms with Gasteiger partial charge in [0.1, 0.15) is 18.0 Å². The minimum absolute atomic E-state index is 0.128. The highest BCUT2D eigenvalue weighted by atomic mass is 35.5. The standard InChI is InChI=1S/C25H29ClF3N3O4/c1-16(33)31(2)14-12-23(34)32-13-6-5-8-21(32)24(35)30-17-10-11-18(20(26)15-17)19-7-3-4-9-22(19)36-25(27,28)29/h3-4,7,9-11,15-16,21,33H,5-6,8,12-14H2,1-2H3,(H,30,35). The molecule has 0 spiro atoms. The second-order valence-corrected chi connectivity index (χ2v) is 9.10. The van der Waals surface area contributed by atoms with Crippen molar-refractivity contribution in [1.82, 2.24) is 9.80 Å². The summed E-state index contributed by atoms with van der Waals surface area (Å²) in [7, 11) is 1.71. The molecule has 2 unspecified atom stereocenters. The summed E-state index contributed by atoms with van der Waals surface area (Å²) in [5.41, 5.74) is 0.824. The van der Waals surface area contributed by atoms with Crippen molar-refractivity contribution < 1.29 is 32.6 Å². The van der Waals surface area contributed by atoms with Crippen LogP contribution in [0.3, 0.4) is 0 Å². The van der Waals surface area contributed by atoms with Crippen LogP contribution in [-0.4, -0.2) is 65.5 Å². The Labute approximate surface area is 212 Å². The molecular formula is C25H29ClF3N3O4. The van der Waals surface area contributed by atoms with Gasteiger partial charge in [0, 0.05) is 36.3 Å². The quantitative estimate of drug-likeness (QED) is 0.478. The predicted octanol–water partition coefficient (Wildman–Crippen LogP) is 4.89. The third kappa shape index (κ3) is 7.35. The van der Waals surface area contributed by atoms with E-state index in [0.29, 0.717) is 30.8 Å². The second-order valence-electron chi connectivity index (χ2n) is 8.69. The number of piperidine rings is 1. The van der Waals surface area contributed by atoms with Crippen LogP contribution in [-0.2, 0) is 9.59 Å². The van der Waals surface area contributed by atoms with Gasteiger partial charge in [-0.15, -0.1) is 13.2 Å². The lowest BCUT2D eigenvalue weighted by atomic mass is 10.0. The number of alkyl halides is 3. The maximum Gasteiger partial charge on any atom is 0.573 e. The summed E-state index contributed by atoms with van der Waals surface area (Å²) in [5.74, 6) is -0.921. The Kier molecular flexibility index (Phi) is 9.21. The van der Waals surface area contributed by atoms with E-state index in [2.05, 4.69) is 10.1 Å². The van der Waals surface area contributed by atoms with Crippen molar-refractivity contribution in [2.45, 2.75) is 51.2 Å². The van der Waals surface area contributed by atoms with Gasteiger partial charge in [0.25, 0.3) is 0 Å². The molecule has 0 saturated carbocycles. The fourth-order valence-electron chi connectivity index (χ4n) is 4.04. The Morgan fingerprint density at radius 2 is 1.94 bits per heavy atom. The molecule has 2 aromatic rings. The summed E-state index contributed by atoms with van der Waals surface area (Å²) in [6, 6.07) is 9.49. The van der Waals surface area contributed by atoms with Crippen LogP contribution in [0.4, 0.5) is 18.9 Å². The fourth-order valence-corrected chi connectivity index (χ4v) is 4.33. The van der Waals surface area contributed by atoms with Crippen molar-refractivity contribution >= 4 is 29.1 Å². The van der Waals surface area contributed by atoms with E-state index in [1.807, 2.05) is 0 Å². The van der Waals surface area contributed by atoms with Crippen molar-refractivity contribution in [1.29, 1.82) is 0 Å². The highest BCUT2D eigenvalue weighted by Gasteiger charge is 2.33. The number of benzene rings is 2. The molecule has 7 nitrogen and oxygen atoms in total. The number of hydrogen-bond acceptors (Lipinski definition) is 5. The number of aliphatic hydroxyl groups excluding tert-OH is 1. The Hall–Kier alpha value is -2.82. The minimum Gasteiger partial charge on any atom is -0.405 e. The molecule has 196 valence electrons. The molecule has 2 aromatic carbocycles. The molecule has 1 aliphatic rings. The Morgan fingerprint density at radius 3 is 2.61 bits per heavy atom. The van der Waals surface area contributed by atoms with Crippen LogP contribution in [0.1, 0.15) is 32.6 Å². The van der Waals surface area contributed by atoms with E-state index in [1.54, 1.807) is 29.8 Å². The Morgan fingerprint density at radius 1 is 1.22 bits per heavy atom. The van der Waals surface area contributed by atoms with Crippen LogP contribution in [0.2, 0.25) is 5.02 Å². The molecule has 11 heteroatoms. The molecule has 2 amide bonds. The molecule has 36 heavy (non-hydrogen) atoms. The number of nitrogens with one attached hydrogen (secondary N) is 1. The van der Waals surface area contributed by atoms with Gasteiger partial charge < -0.3 is 20.1 Å². The molecule has 1 heterocycles. The van der Waals surface area contributed by atoms with Crippen molar-refractivity contribution in [3.63, 3.8) is 0 Å². The number of likely N-dealkylation sites (tertiary alicyclic amines) is 1. The number of nitrogens with zero attached hydrogens (tertiary/aromatic N) is 2. The minimum atomic E-state index is -4.86. The lowest BCUT2D eigenvalue weighted by molar-refractivity contribution is -0.274. The van der Waals surface area contributed by atoms with Gasteiger partial charge in [0.05, 0.1) is 5.02 Å². The van der Waals surface area contributed by atoms with E-state index in [9.17, 15) is 27.9 Å². The van der Waals surface area contributed by atoms with Gasteiger partial charge in [-0.25, -0.2) is 0 Å². The number of ether oxygens (including phenoxy) is 1. The number of halogens is 4. The van der Waals surface area contributed by atoms with Gasteiger partial charge in [-0.05, 0) is 51.4 Å². The number of anilines is 1. The first-order chi connectivity index (χ1) is 17.0. The summed E-state index contributed by atoms with van der Waals surface area (Å²) in [4.78, 5) is 29.1. The molecular weight excluding hydrogens is 499 g/mol. The highest BCUT2D eigenvalue weighted by molar-refractivity contribution is 6.33. The molecule has 0 aliphatic carbocycles. The summed E-state index contributed by atoms with van der Waals surface area (Å²) >= 11 is 6.37. The van der Waals surface area contributed by atoms with Crippen LogP contribution in [0.15, 0.2) is 42.5 Å². The molecule has 2 N–H and O–H groups in total. The predicted molar refractivity (Wildman–Crippen MR) is 130 cm³/mol. The van der Waals surface area contributed by atoms with E-state index in [0.717, 1.165) is 12.8 Å². The number of carbonyl (C=O) groups excluding carboxylic acids is 2. The van der Waals surface area contributed by atoms with Crippen molar-refractivity contribution in [3.05, 3.63) is 47.5 Å². The van der Waals surface area contributed by atoms with Crippen molar-refractivity contribution in [2.24, 2.45) is 0 Å². The van der Waals surface area contributed by atoms with Gasteiger partial charge in [0.2, 0.25) is 11.8 Å². The topological polar surface area (TPSA) is 82.1 Å². The van der Waals surface area contributed by atoms with E-state index in [-0.39, 0.29) is 34.6 Å².